The monoisotopic (exact) mass is 716 g/mol. The van der Waals surface area contributed by atoms with E-state index in [9.17, 15) is 5.48 Å². The number of benzene rings is 7. The molecule has 262 valence electrons. The van der Waals surface area contributed by atoms with Gasteiger partial charge in [0, 0.05) is 44.0 Å². The highest BCUT2D eigenvalue weighted by Crippen LogP contribution is 2.53. The van der Waals surface area contributed by atoms with E-state index in [0.29, 0.717) is 39.8 Å². The maximum absolute atomic E-state index is 9.52. The highest BCUT2D eigenvalue weighted by molar-refractivity contribution is 6.13. The van der Waals surface area contributed by atoms with Crippen molar-refractivity contribution in [3.8, 4) is 62.1 Å². The van der Waals surface area contributed by atoms with Crippen LogP contribution in [0.2, 0.25) is 0 Å². The Morgan fingerprint density at radius 2 is 1.15 bits per heavy atom. The van der Waals surface area contributed by atoms with Gasteiger partial charge >= 0.3 is 0 Å². The Morgan fingerprint density at radius 3 is 1.98 bits per heavy atom. The molecule has 0 saturated carbocycles. The third-order valence-electron chi connectivity index (χ3n) is 11.5. The van der Waals surface area contributed by atoms with Crippen LogP contribution in [0, 0.1) is 0 Å². The molecule has 55 heavy (non-hydrogen) atoms. The molecule has 2 aliphatic rings. The van der Waals surface area contributed by atoms with Gasteiger partial charge in [-0.3, -0.25) is 0 Å². The molecule has 0 radical (unpaired) electrons. The lowest BCUT2D eigenvalue weighted by Crippen LogP contribution is -2.16. The molecular weight excluding hydrogens is 669 g/mol. The molecule has 7 aromatic carbocycles. The zero-order valence-corrected chi connectivity index (χ0v) is 30.5. The Morgan fingerprint density at radius 1 is 0.473 bits per heavy atom. The van der Waals surface area contributed by atoms with Crippen LogP contribution < -0.4 is 0 Å². The van der Waals surface area contributed by atoms with Gasteiger partial charge in [0.05, 0.1) is 24.7 Å². The van der Waals surface area contributed by atoms with Crippen LogP contribution >= 0.6 is 0 Å². The lowest BCUT2D eigenvalue weighted by Gasteiger charge is -2.23. The second-order valence-corrected chi connectivity index (χ2v) is 15.3. The van der Waals surface area contributed by atoms with E-state index in [2.05, 4.69) is 50.2 Å². The third kappa shape index (κ3) is 4.55. The fraction of sp³-hybridized carbons (Fsp3) is 0.118. The zero-order chi connectivity index (χ0) is 45.8. The first-order valence-corrected chi connectivity index (χ1v) is 18.3. The van der Waals surface area contributed by atoms with E-state index in [-0.39, 0.29) is 74.6 Å². The number of para-hydroxylation sites is 1. The van der Waals surface area contributed by atoms with Crippen LogP contribution in [0.3, 0.4) is 0 Å². The summed E-state index contributed by atoms with van der Waals surface area (Å²) in [4.78, 5) is 15.2. The van der Waals surface area contributed by atoms with Crippen molar-refractivity contribution in [2.24, 2.45) is 0 Å². The fourth-order valence-electron chi connectivity index (χ4n) is 8.79. The van der Waals surface area contributed by atoms with Gasteiger partial charge in [-0.1, -0.05) is 161 Å². The smallest absolute Gasteiger partial charge is 0.164 e. The van der Waals surface area contributed by atoms with E-state index in [4.69, 9.17) is 23.2 Å². The van der Waals surface area contributed by atoms with Crippen molar-refractivity contribution >= 4 is 21.8 Å². The fourth-order valence-corrected chi connectivity index (χ4v) is 8.79. The van der Waals surface area contributed by atoms with Gasteiger partial charge in [-0.15, -0.1) is 0 Å². The minimum atomic E-state index is -1.18. The lowest BCUT2D eigenvalue weighted by molar-refractivity contribution is 0.660. The van der Waals surface area contributed by atoms with Crippen LogP contribution in [-0.2, 0) is 10.8 Å². The van der Waals surface area contributed by atoms with Crippen molar-refractivity contribution in [1.29, 1.82) is 0 Å². The SMILES string of the molecule is [2H]c1c([2H])c([2H])c2c(c1[2H])-c1c([2H])c([2H])c3c4c([2H])c([2H])c([2H])c([2H])c4n(-c4cccc(-c5nc(-c6ccccc6)nc(-c6ccc7c(c6)C(C)(C)c6ccccc6-7)n5)c4)c3c1C2(C)C. The van der Waals surface area contributed by atoms with Crippen molar-refractivity contribution < 1.29 is 13.7 Å². The van der Waals surface area contributed by atoms with Gasteiger partial charge in [-0.25, -0.2) is 15.0 Å². The number of fused-ring (bicyclic) bond motifs is 10. The number of rotatable bonds is 4. The van der Waals surface area contributed by atoms with Crippen molar-refractivity contribution in [3.05, 3.63) is 180 Å². The van der Waals surface area contributed by atoms with Crippen LogP contribution in [0.1, 0.15) is 63.7 Å². The molecule has 0 N–H and O–H groups in total. The summed E-state index contributed by atoms with van der Waals surface area (Å²) in [5.41, 5.74) is 7.30. The predicted octanol–water partition coefficient (Wildman–Crippen LogP) is 12.6. The average molecular weight is 717 g/mol. The zero-order valence-electron chi connectivity index (χ0n) is 40.5. The topological polar surface area (TPSA) is 43.6 Å². The van der Waals surface area contributed by atoms with Crippen LogP contribution in [0.25, 0.3) is 83.9 Å². The summed E-state index contributed by atoms with van der Waals surface area (Å²) in [5, 5.41) is 0.173. The van der Waals surface area contributed by atoms with Crippen molar-refractivity contribution in [1.82, 2.24) is 19.5 Å². The Kier molecular flexibility index (Phi) is 4.82. The normalized spacial score (nSPS) is 17.0. The molecule has 2 aliphatic carbocycles. The van der Waals surface area contributed by atoms with E-state index in [1.807, 2.05) is 62.4 Å². The maximum Gasteiger partial charge on any atom is 0.164 e. The molecule has 9 aromatic rings. The number of hydrogen-bond acceptors (Lipinski definition) is 3. The lowest BCUT2D eigenvalue weighted by atomic mass is 9.81. The molecule has 2 aromatic heterocycles. The first-order chi connectivity index (χ1) is 30.9. The molecule has 0 amide bonds. The summed E-state index contributed by atoms with van der Waals surface area (Å²) in [6.45, 7) is 8.06. The first kappa shape index (κ1) is 23.2. The Labute approximate surface area is 334 Å². The van der Waals surface area contributed by atoms with Gasteiger partial charge in [0.25, 0.3) is 0 Å². The van der Waals surface area contributed by atoms with Gasteiger partial charge in [-0.2, -0.15) is 0 Å². The number of aromatic nitrogens is 4. The Balaban J connectivity index is 1.20. The van der Waals surface area contributed by atoms with Gasteiger partial charge in [0.1, 0.15) is 0 Å². The van der Waals surface area contributed by atoms with E-state index < -0.39 is 29.6 Å². The van der Waals surface area contributed by atoms with E-state index in [1.54, 1.807) is 16.7 Å². The molecule has 4 heteroatoms. The summed E-state index contributed by atoms with van der Waals surface area (Å²) in [6.07, 6.45) is 0. The van der Waals surface area contributed by atoms with Gasteiger partial charge in [0.15, 0.2) is 17.5 Å². The van der Waals surface area contributed by atoms with Gasteiger partial charge in [-0.05, 0) is 68.7 Å². The molecule has 0 spiro atoms. The maximum atomic E-state index is 9.52. The van der Waals surface area contributed by atoms with Crippen LogP contribution in [-0.4, -0.2) is 19.5 Å². The summed E-state index contributed by atoms with van der Waals surface area (Å²) < 4.78 is 92.0. The molecule has 0 bridgehead atoms. The van der Waals surface area contributed by atoms with E-state index in [1.165, 1.54) is 11.1 Å². The molecule has 0 aliphatic heterocycles. The second-order valence-electron chi connectivity index (χ2n) is 15.3. The quantitative estimate of drug-likeness (QED) is 0.182. The van der Waals surface area contributed by atoms with E-state index >= 15 is 0 Å². The first-order valence-electron chi connectivity index (χ1n) is 23.3. The highest BCUT2D eigenvalue weighted by Gasteiger charge is 2.39. The highest BCUT2D eigenvalue weighted by atomic mass is 15.0. The Hall–Kier alpha value is -6.65. The largest absolute Gasteiger partial charge is 0.309 e. The average Bonchev–Trinajstić information content (AvgIpc) is 3.88. The number of hydrogen-bond donors (Lipinski definition) is 0. The molecule has 0 fully saturated rings. The standard InChI is InChI=1S/C51H38N4/c1-50(2)41-22-11-8-19-35(41)37-26-25-33(30-43(37)50)49-53-47(31-15-6-5-7-16-31)52-48(54-49)32-17-14-18-34(29-32)55-44-24-13-10-21-38(44)40-28-27-39-36-20-9-12-23-42(36)51(3,4)45(39)46(40)55/h5-30H,1-4H3/i9D,10D,12D,13D,20D,21D,23D,24D,27D,28D. The Bertz CT molecular complexity index is 3620. The van der Waals surface area contributed by atoms with Crippen molar-refractivity contribution in [3.63, 3.8) is 0 Å². The number of nitrogens with zero attached hydrogens (tertiary/aromatic N) is 4. The van der Waals surface area contributed by atoms with Crippen molar-refractivity contribution in [2.75, 3.05) is 0 Å². The van der Waals surface area contributed by atoms with Crippen molar-refractivity contribution in [2.45, 2.75) is 38.5 Å². The molecule has 0 unspecified atom stereocenters. The molecule has 2 heterocycles. The molecule has 0 atom stereocenters. The second kappa shape index (κ2) is 11.4. The van der Waals surface area contributed by atoms with Gasteiger partial charge < -0.3 is 4.57 Å². The van der Waals surface area contributed by atoms with Gasteiger partial charge in [0.2, 0.25) is 0 Å². The third-order valence-corrected chi connectivity index (χ3v) is 11.5. The summed E-state index contributed by atoms with van der Waals surface area (Å²) >= 11 is 0. The minimum Gasteiger partial charge on any atom is -0.309 e. The summed E-state index contributed by atoms with van der Waals surface area (Å²) in [5.74, 6) is 1.25. The summed E-state index contributed by atoms with van der Waals surface area (Å²) in [6, 6.07) is 27.9. The predicted molar refractivity (Wildman–Crippen MR) is 226 cm³/mol. The van der Waals surface area contributed by atoms with Crippen LogP contribution in [0.5, 0.6) is 0 Å². The minimum absolute atomic E-state index is 0.0551. The molecule has 11 rings (SSSR count). The molecule has 4 nitrogen and oxygen atoms in total. The van der Waals surface area contributed by atoms with Crippen LogP contribution in [0.15, 0.2) is 157 Å². The molecular formula is C51H38N4. The molecule has 0 saturated heterocycles. The van der Waals surface area contributed by atoms with E-state index in [0.717, 1.165) is 22.3 Å². The van der Waals surface area contributed by atoms with Crippen LogP contribution in [0.4, 0.5) is 0 Å². The summed E-state index contributed by atoms with van der Waals surface area (Å²) in [7, 11) is 0.